The molecule has 2 N–H and O–H groups in total. The van der Waals surface area contributed by atoms with Crippen LogP contribution in [0, 0.1) is 41.4 Å². The average molecular weight is 443 g/mol. The zero-order valence-electron chi connectivity index (χ0n) is 18.5. The predicted molar refractivity (Wildman–Crippen MR) is 131 cm³/mol. The fraction of sp³-hybridized carbons (Fsp3) is 0.846. The Bertz CT molecular complexity index is 688. The van der Waals surface area contributed by atoms with E-state index >= 15 is 0 Å². The van der Waals surface area contributed by atoms with Gasteiger partial charge in [-0.3, -0.25) is 10.6 Å². The van der Waals surface area contributed by atoms with Crippen LogP contribution in [0.3, 0.4) is 0 Å². The summed E-state index contributed by atoms with van der Waals surface area (Å²) in [5, 5.41) is 9.99. The molecule has 2 nitrogen and oxygen atoms in total. The molecule has 0 bridgehead atoms. The van der Waals surface area contributed by atoms with Crippen molar-refractivity contribution in [2.24, 2.45) is 17.8 Å². The number of fused-ring (bicyclic) bond motifs is 2. The quantitative estimate of drug-likeness (QED) is 0.532. The normalized spacial score (nSPS) is 45.4. The third-order valence-electron chi connectivity index (χ3n) is 8.08. The van der Waals surface area contributed by atoms with Crippen molar-refractivity contribution in [1.29, 1.82) is 0 Å². The van der Waals surface area contributed by atoms with Gasteiger partial charge >= 0.3 is 0 Å². The van der Waals surface area contributed by atoms with Crippen LogP contribution in [0.4, 0.5) is 0 Å². The van der Waals surface area contributed by atoms with Crippen LogP contribution < -0.4 is 10.6 Å². The summed E-state index contributed by atoms with van der Waals surface area (Å²) < 4.78 is 0. The molecule has 0 amide bonds. The van der Waals surface area contributed by atoms with Crippen LogP contribution in [0.25, 0.3) is 0 Å². The topological polar surface area (TPSA) is 24.1 Å². The molecule has 0 spiro atoms. The summed E-state index contributed by atoms with van der Waals surface area (Å²) in [5.41, 5.74) is 0. The second-order valence-corrected chi connectivity index (χ2v) is 12.8. The standard InChI is InChI=1S/C26H38N2S2/c1-2-19-17-18(12-15-25-27-21-7-3-5-9-23(21)29-25)11-13-20(19)14-16-26-28-22-8-4-6-10-24(22)30-26/h18-28H,2-11,13,17H2,1H3. The van der Waals surface area contributed by atoms with Gasteiger partial charge in [-0.05, 0) is 50.9 Å². The molecule has 9 unspecified atom stereocenters. The van der Waals surface area contributed by atoms with Crippen molar-refractivity contribution in [1.82, 2.24) is 10.6 Å². The molecule has 2 aliphatic heterocycles. The van der Waals surface area contributed by atoms with Crippen molar-refractivity contribution in [2.75, 3.05) is 0 Å². The van der Waals surface area contributed by atoms with Gasteiger partial charge in [-0.25, -0.2) is 0 Å². The summed E-state index contributed by atoms with van der Waals surface area (Å²) in [6, 6.07) is 1.45. The Hall–Kier alpha value is -0.260. The van der Waals surface area contributed by atoms with E-state index in [1.165, 1.54) is 77.0 Å². The maximum Gasteiger partial charge on any atom is 0.116 e. The molecule has 0 aromatic rings. The Morgan fingerprint density at radius 1 is 0.700 bits per heavy atom. The molecular weight excluding hydrogens is 404 g/mol. The minimum Gasteiger partial charge on any atom is -0.291 e. The van der Waals surface area contributed by atoms with E-state index in [2.05, 4.69) is 64.8 Å². The highest BCUT2D eigenvalue weighted by Gasteiger charge is 2.36. The van der Waals surface area contributed by atoms with Gasteiger partial charge in [0.05, 0.1) is 0 Å². The lowest BCUT2D eigenvalue weighted by atomic mass is 9.73. The van der Waals surface area contributed by atoms with E-state index in [1.807, 2.05) is 0 Å². The van der Waals surface area contributed by atoms with Crippen molar-refractivity contribution in [3.8, 4) is 23.7 Å². The third-order valence-corrected chi connectivity index (χ3v) is 11.0. The van der Waals surface area contributed by atoms with Gasteiger partial charge in [0, 0.05) is 34.4 Å². The molecular formula is C26H38N2S2. The summed E-state index contributed by atoms with van der Waals surface area (Å²) >= 11 is 4.21. The highest BCUT2D eigenvalue weighted by Crippen LogP contribution is 2.39. The van der Waals surface area contributed by atoms with E-state index in [0.29, 0.717) is 22.6 Å². The highest BCUT2D eigenvalue weighted by atomic mass is 32.2. The molecule has 3 saturated carbocycles. The number of hydrogen-bond acceptors (Lipinski definition) is 4. The molecule has 0 aromatic heterocycles. The minimum atomic E-state index is 0.377. The van der Waals surface area contributed by atoms with Crippen LogP contribution in [0.2, 0.25) is 0 Å². The zero-order chi connectivity index (χ0) is 20.3. The van der Waals surface area contributed by atoms with Gasteiger partial charge in [0.15, 0.2) is 0 Å². The molecule has 3 aliphatic carbocycles. The van der Waals surface area contributed by atoms with Gasteiger partial charge in [-0.2, -0.15) is 0 Å². The maximum absolute atomic E-state index is 3.80. The van der Waals surface area contributed by atoms with Crippen LogP contribution in [-0.2, 0) is 0 Å². The molecule has 30 heavy (non-hydrogen) atoms. The Kier molecular flexibility index (Phi) is 7.28. The molecule has 2 saturated heterocycles. The minimum absolute atomic E-state index is 0.377. The van der Waals surface area contributed by atoms with Crippen molar-refractivity contribution >= 4 is 23.5 Å². The first-order chi connectivity index (χ1) is 14.8. The van der Waals surface area contributed by atoms with E-state index in [-0.39, 0.29) is 0 Å². The van der Waals surface area contributed by atoms with Crippen LogP contribution in [0.1, 0.15) is 84.0 Å². The summed E-state index contributed by atoms with van der Waals surface area (Å²) in [6.45, 7) is 2.35. The Morgan fingerprint density at radius 2 is 1.30 bits per heavy atom. The Labute approximate surface area is 192 Å². The summed E-state index contributed by atoms with van der Waals surface area (Å²) in [7, 11) is 0. The molecule has 164 valence electrons. The van der Waals surface area contributed by atoms with Crippen LogP contribution >= 0.6 is 23.5 Å². The molecule has 0 radical (unpaired) electrons. The third kappa shape index (κ3) is 5.04. The van der Waals surface area contributed by atoms with Crippen molar-refractivity contribution in [3.05, 3.63) is 0 Å². The Balaban J connectivity index is 1.13. The van der Waals surface area contributed by atoms with Gasteiger partial charge in [0.2, 0.25) is 0 Å². The van der Waals surface area contributed by atoms with Gasteiger partial charge in [0.25, 0.3) is 0 Å². The van der Waals surface area contributed by atoms with E-state index in [1.54, 1.807) is 0 Å². The van der Waals surface area contributed by atoms with E-state index in [9.17, 15) is 0 Å². The first-order valence-corrected chi connectivity index (χ1v) is 14.5. The van der Waals surface area contributed by atoms with Crippen LogP contribution in [0.15, 0.2) is 0 Å². The van der Waals surface area contributed by atoms with Crippen molar-refractivity contribution in [3.63, 3.8) is 0 Å². The zero-order valence-corrected chi connectivity index (χ0v) is 20.1. The predicted octanol–water partition coefficient (Wildman–Crippen LogP) is 5.38. The lowest BCUT2D eigenvalue weighted by Gasteiger charge is -2.30. The molecule has 5 fully saturated rings. The average Bonchev–Trinajstić information content (AvgIpc) is 3.39. The van der Waals surface area contributed by atoms with Gasteiger partial charge in [-0.1, -0.05) is 62.7 Å². The molecule has 5 aliphatic rings. The first-order valence-electron chi connectivity index (χ1n) is 12.6. The van der Waals surface area contributed by atoms with Crippen LogP contribution in [-0.4, -0.2) is 33.3 Å². The lowest BCUT2D eigenvalue weighted by molar-refractivity contribution is 0.248. The fourth-order valence-corrected chi connectivity index (χ4v) is 9.17. The first kappa shape index (κ1) is 21.6. The molecule has 9 atom stereocenters. The fourth-order valence-electron chi connectivity index (χ4n) is 6.28. The lowest BCUT2D eigenvalue weighted by Crippen LogP contribution is -2.35. The van der Waals surface area contributed by atoms with Gasteiger partial charge < -0.3 is 0 Å². The smallest absolute Gasteiger partial charge is 0.116 e. The molecule has 4 heteroatoms. The van der Waals surface area contributed by atoms with Gasteiger partial charge in [-0.15, -0.1) is 23.5 Å². The number of rotatable bonds is 1. The molecule has 5 rings (SSSR count). The van der Waals surface area contributed by atoms with Crippen molar-refractivity contribution in [2.45, 2.75) is 117 Å². The largest absolute Gasteiger partial charge is 0.291 e. The van der Waals surface area contributed by atoms with E-state index in [4.69, 9.17) is 0 Å². The number of hydrogen-bond donors (Lipinski definition) is 2. The number of thioether (sulfide) groups is 2. The maximum atomic E-state index is 3.80. The second kappa shape index (κ2) is 10.1. The van der Waals surface area contributed by atoms with Crippen LogP contribution in [0.5, 0.6) is 0 Å². The van der Waals surface area contributed by atoms with Gasteiger partial charge in [0.1, 0.15) is 10.7 Å². The van der Waals surface area contributed by atoms with Crippen molar-refractivity contribution < 1.29 is 0 Å². The van der Waals surface area contributed by atoms with E-state index < -0.39 is 0 Å². The number of nitrogens with one attached hydrogen (secondary N) is 2. The summed E-state index contributed by atoms with van der Waals surface area (Å²) in [6.07, 6.45) is 16.1. The second-order valence-electron chi connectivity index (χ2n) is 10.1. The summed E-state index contributed by atoms with van der Waals surface area (Å²) in [5.74, 6) is 16.6. The SMILES string of the molecule is CCC1CC(C#CC2NC3CCCCC3S2)CCC1C#CC1NC2CCCCC2S1. The monoisotopic (exact) mass is 442 g/mol. The van der Waals surface area contributed by atoms with E-state index in [0.717, 1.165) is 28.5 Å². The molecule has 0 aromatic carbocycles. The summed E-state index contributed by atoms with van der Waals surface area (Å²) in [4.78, 5) is 0. The highest BCUT2D eigenvalue weighted by molar-refractivity contribution is 8.01. The Morgan fingerprint density at radius 3 is 1.90 bits per heavy atom. The molecule has 2 heterocycles.